The fourth-order valence-corrected chi connectivity index (χ4v) is 1.81. The van der Waals surface area contributed by atoms with Crippen molar-refractivity contribution < 1.29 is 0 Å². The second kappa shape index (κ2) is 3.91. The monoisotopic (exact) mass is 233 g/mol. The molecule has 0 radical (unpaired) electrons. The van der Waals surface area contributed by atoms with Gasteiger partial charge in [-0.1, -0.05) is 11.6 Å². The average Bonchev–Trinajstić information content (AvgIpc) is 3.10. The lowest BCUT2D eigenvalue weighted by atomic mass is 10.3. The van der Waals surface area contributed by atoms with E-state index in [1.54, 1.807) is 6.20 Å². The summed E-state index contributed by atoms with van der Waals surface area (Å²) >= 11 is 5.89. The Morgan fingerprint density at radius 3 is 3.00 bits per heavy atom. The zero-order valence-electron chi connectivity index (χ0n) is 8.78. The number of nitrogens with zero attached hydrogens (tertiary/aromatic N) is 2. The molecule has 1 saturated carbocycles. The fraction of sp³-hybridized carbons (Fsp3) is 0.333. The predicted molar refractivity (Wildman–Crippen MR) is 65.8 cm³/mol. The Hall–Kier alpha value is -1.35. The second-order valence-electron chi connectivity index (χ2n) is 4.21. The van der Waals surface area contributed by atoms with E-state index in [1.165, 1.54) is 12.8 Å². The van der Waals surface area contributed by atoms with Crippen molar-refractivity contribution in [1.29, 1.82) is 0 Å². The molecule has 0 unspecified atom stereocenters. The van der Waals surface area contributed by atoms with Gasteiger partial charge in [-0.15, -0.1) is 0 Å². The van der Waals surface area contributed by atoms with Crippen molar-refractivity contribution >= 4 is 28.5 Å². The van der Waals surface area contributed by atoms with Crippen molar-refractivity contribution in [2.75, 3.05) is 11.9 Å². The Morgan fingerprint density at radius 2 is 2.19 bits per heavy atom. The summed E-state index contributed by atoms with van der Waals surface area (Å²) in [5.74, 6) is 1.68. The second-order valence-corrected chi connectivity index (χ2v) is 4.65. The molecule has 82 valence electrons. The first-order valence-electron chi connectivity index (χ1n) is 5.47. The minimum absolute atomic E-state index is 0.695. The number of halogens is 1. The molecule has 1 aliphatic carbocycles. The molecule has 2 aromatic rings. The Kier molecular flexibility index (Phi) is 2.40. The largest absolute Gasteiger partial charge is 0.368 e. The van der Waals surface area contributed by atoms with E-state index >= 15 is 0 Å². The van der Waals surface area contributed by atoms with Crippen molar-refractivity contribution in [2.45, 2.75) is 12.8 Å². The molecule has 1 aromatic heterocycles. The molecule has 1 aromatic carbocycles. The van der Waals surface area contributed by atoms with E-state index in [0.717, 1.165) is 29.3 Å². The molecule has 1 N–H and O–H groups in total. The molecular formula is C12H12ClN3. The first-order chi connectivity index (χ1) is 7.81. The van der Waals surface area contributed by atoms with E-state index in [4.69, 9.17) is 11.6 Å². The van der Waals surface area contributed by atoms with Gasteiger partial charge in [-0.2, -0.15) is 0 Å². The van der Waals surface area contributed by atoms with Crippen LogP contribution >= 0.6 is 11.6 Å². The van der Waals surface area contributed by atoms with E-state index < -0.39 is 0 Å². The summed E-state index contributed by atoms with van der Waals surface area (Å²) in [6, 6.07) is 5.56. The van der Waals surface area contributed by atoms with Gasteiger partial charge >= 0.3 is 0 Å². The molecule has 3 nitrogen and oxygen atoms in total. The molecule has 4 heteroatoms. The van der Waals surface area contributed by atoms with Crippen molar-refractivity contribution in [3.8, 4) is 0 Å². The Bertz CT molecular complexity index is 523. The highest BCUT2D eigenvalue weighted by Crippen LogP contribution is 2.28. The quantitative estimate of drug-likeness (QED) is 0.885. The molecule has 1 fully saturated rings. The van der Waals surface area contributed by atoms with Crippen LogP contribution in [0, 0.1) is 5.92 Å². The van der Waals surface area contributed by atoms with Crippen LogP contribution in [0.1, 0.15) is 12.8 Å². The Balaban J connectivity index is 1.86. The van der Waals surface area contributed by atoms with E-state index in [2.05, 4.69) is 15.3 Å². The van der Waals surface area contributed by atoms with Crippen LogP contribution in [0.4, 0.5) is 5.82 Å². The summed E-state index contributed by atoms with van der Waals surface area (Å²) in [5, 5.41) is 4.00. The highest BCUT2D eigenvalue weighted by molar-refractivity contribution is 6.31. The van der Waals surface area contributed by atoms with Gasteiger partial charge in [-0.3, -0.25) is 4.98 Å². The summed E-state index contributed by atoms with van der Waals surface area (Å²) in [5.41, 5.74) is 1.72. The van der Waals surface area contributed by atoms with E-state index in [-0.39, 0.29) is 0 Å². The highest BCUT2D eigenvalue weighted by atomic mass is 35.5. The third-order valence-electron chi connectivity index (χ3n) is 2.77. The number of anilines is 1. The van der Waals surface area contributed by atoms with Crippen LogP contribution in [-0.2, 0) is 0 Å². The van der Waals surface area contributed by atoms with Gasteiger partial charge in [0.15, 0.2) is 0 Å². The van der Waals surface area contributed by atoms with Gasteiger partial charge in [0.05, 0.1) is 17.2 Å². The summed E-state index contributed by atoms with van der Waals surface area (Å²) < 4.78 is 0. The maximum Gasteiger partial charge on any atom is 0.145 e. The average molecular weight is 234 g/mol. The Morgan fingerprint density at radius 1 is 1.31 bits per heavy atom. The maximum absolute atomic E-state index is 5.89. The molecule has 16 heavy (non-hydrogen) atoms. The van der Waals surface area contributed by atoms with Crippen molar-refractivity contribution in [3.63, 3.8) is 0 Å². The van der Waals surface area contributed by atoms with Gasteiger partial charge in [0.2, 0.25) is 0 Å². The maximum atomic E-state index is 5.89. The normalized spacial score (nSPS) is 15.3. The van der Waals surface area contributed by atoms with Crippen LogP contribution in [0.2, 0.25) is 5.02 Å². The van der Waals surface area contributed by atoms with Gasteiger partial charge in [-0.25, -0.2) is 4.98 Å². The summed E-state index contributed by atoms with van der Waals surface area (Å²) in [4.78, 5) is 8.81. The van der Waals surface area contributed by atoms with E-state index in [9.17, 15) is 0 Å². The summed E-state index contributed by atoms with van der Waals surface area (Å²) in [7, 11) is 0. The Labute approximate surface area is 98.9 Å². The van der Waals surface area contributed by atoms with Crippen molar-refractivity contribution in [1.82, 2.24) is 9.97 Å². The number of hydrogen-bond acceptors (Lipinski definition) is 3. The zero-order chi connectivity index (χ0) is 11.0. The topological polar surface area (TPSA) is 37.8 Å². The molecule has 0 atom stereocenters. The van der Waals surface area contributed by atoms with Gasteiger partial charge < -0.3 is 5.32 Å². The number of nitrogens with one attached hydrogen (secondary N) is 1. The van der Waals surface area contributed by atoms with Crippen molar-refractivity contribution in [3.05, 3.63) is 29.4 Å². The first kappa shape index (κ1) is 9.85. The number of hydrogen-bond donors (Lipinski definition) is 1. The lowest BCUT2D eigenvalue weighted by Crippen LogP contribution is -2.05. The van der Waals surface area contributed by atoms with Gasteiger partial charge in [0.1, 0.15) is 5.82 Å². The third-order valence-corrected chi connectivity index (χ3v) is 3.01. The first-order valence-corrected chi connectivity index (χ1v) is 5.85. The molecule has 1 heterocycles. The van der Waals surface area contributed by atoms with E-state index in [0.29, 0.717) is 5.02 Å². The highest BCUT2D eigenvalue weighted by Gasteiger charge is 2.20. The molecule has 1 aliphatic rings. The number of benzene rings is 1. The predicted octanol–water partition coefficient (Wildman–Crippen LogP) is 3.11. The molecular weight excluding hydrogens is 222 g/mol. The molecule has 0 saturated heterocycles. The van der Waals surface area contributed by atoms with Gasteiger partial charge in [0, 0.05) is 11.6 Å². The molecule has 0 amide bonds. The lowest BCUT2D eigenvalue weighted by Gasteiger charge is -2.04. The van der Waals surface area contributed by atoms with Crippen LogP contribution in [-0.4, -0.2) is 16.5 Å². The summed E-state index contributed by atoms with van der Waals surface area (Å²) in [6.45, 7) is 1.01. The minimum atomic E-state index is 0.695. The van der Waals surface area contributed by atoms with Gasteiger partial charge in [-0.05, 0) is 37.0 Å². The minimum Gasteiger partial charge on any atom is -0.368 e. The van der Waals surface area contributed by atoms with Crippen molar-refractivity contribution in [2.24, 2.45) is 5.92 Å². The molecule has 0 spiro atoms. The van der Waals surface area contributed by atoms with Crippen LogP contribution in [0.25, 0.3) is 11.0 Å². The third kappa shape index (κ3) is 2.09. The number of fused-ring (bicyclic) bond motifs is 1. The SMILES string of the molecule is Clc1ccc2nc(NCC3CC3)cnc2c1. The zero-order valence-corrected chi connectivity index (χ0v) is 9.54. The van der Waals surface area contributed by atoms with Crippen LogP contribution in [0.15, 0.2) is 24.4 Å². The van der Waals surface area contributed by atoms with Gasteiger partial charge in [0.25, 0.3) is 0 Å². The number of aromatic nitrogens is 2. The van der Waals surface area contributed by atoms with E-state index in [1.807, 2.05) is 18.2 Å². The lowest BCUT2D eigenvalue weighted by molar-refractivity contribution is 0.883. The molecule has 0 aliphatic heterocycles. The van der Waals surface area contributed by atoms with Crippen LogP contribution in [0.3, 0.4) is 0 Å². The van der Waals surface area contributed by atoms with Crippen LogP contribution in [0.5, 0.6) is 0 Å². The fourth-order valence-electron chi connectivity index (χ4n) is 1.64. The standard InChI is InChI=1S/C12H12ClN3/c13-9-3-4-10-11(5-9)14-7-12(16-10)15-6-8-1-2-8/h3-5,7-8H,1-2,6H2,(H,15,16). The summed E-state index contributed by atoms with van der Waals surface area (Å²) in [6.07, 6.45) is 4.44. The number of rotatable bonds is 3. The molecule has 3 rings (SSSR count). The van der Waals surface area contributed by atoms with Crippen LogP contribution < -0.4 is 5.32 Å². The molecule has 0 bridgehead atoms. The smallest absolute Gasteiger partial charge is 0.145 e.